The van der Waals surface area contributed by atoms with Gasteiger partial charge in [0.1, 0.15) is 0 Å². The van der Waals surface area contributed by atoms with Crippen LogP contribution in [-0.2, 0) is 0 Å². The number of carbonyl (C=O) groups is 2. The van der Waals surface area contributed by atoms with Crippen LogP contribution in [0.15, 0.2) is 29.4 Å². The number of carbonyl (C=O) groups excluding carboxylic acids is 1. The average Bonchev–Trinajstić information content (AvgIpc) is 2.54. The van der Waals surface area contributed by atoms with Crippen LogP contribution in [0.3, 0.4) is 0 Å². The predicted molar refractivity (Wildman–Crippen MR) is 85.8 cm³/mol. The smallest absolute Gasteiger partial charge is 0.337 e. The molecule has 1 heterocycles. The monoisotopic (exact) mass is 327 g/mol. The van der Waals surface area contributed by atoms with Gasteiger partial charge in [-0.3, -0.25) is 4.79 Å². The Labute approximate surface area is 135 Å². The number of hydrogen-bond acceptors (Lipinski definition) is 7. The second-order valence-corrected chi connectivity index (χ2v) is 4.55. The summed E-state index contributed by atoms with van der Waals surface area (Å²) in [6, 6.07) is 5.29. The van der Waals surface area contributed by atoms with E-state index in [4.69, 9.17) is 23.8 Å². The molecule has 0 radical (unpaired) electrons. The molecule has 0 unspecified atom stereocenters. The maximum atomic E-state index is 12.3. The zero-order valence-electron chi connectivity index (χ0n) is 12.2. The number of carboxylic acids is 1. The van der Waals surface area contributed by atoms with Gasteiger partial charge in [-0.2, -0.15) is 9.89 Å². The fourth-order valence-electron chi connectivity index (χ4n) is 1.89. The van der Waals surface area contributed by atoms with E-state index in [1.165, 1.54) is 24.3 Å². The number of amides is 1. The maximum Gasteiger partial charge on any atom is 0.337 e. The van der Waals surface area contributed by atoms with Gasteiger partial charge < -0.3 is 27.8 Å². The number of aromatic nitrogens is 2. The molecule has 2 rings (SSSR count). The lowest BCUT2D eigenvalue weighted by Crippen LogP contribution is -2.35. The van der Waals surface area contributed by atoms with Crippen LogP contribution in [0.1, 0.15) is 26.4 Å². The Balaban J connectivity index is 2.44. The maximum absolute atomic E-state index is 12.3. The quantitative estimate of drug-likeness (QED) is 0.269. The van der Waals surface area contributed by atoms with Crippen molar-refractivity contribution in [1.82, 2.24) is 9.89 Å². The summed E-state index contributed by atoms with van der Waals surface area (Å²) in [7, 11) is 0. The van der Waals surface area contributed by atoms with Gasteiger partial charge in [0.05, 0.1) is 16.9 Å². The summed E-state index contributed by atoms with van der Waals surface area (Å²) >= 11 is 0. The lowest BCUT2D eigenvalue weighted by atomic mass is 10.1. The topological polar surface area (TPSA) is 175 Å². The summed E-state index contributed by atoms with van der Waals surface area (Å²) in [5.74, 6) is 11.0. The number of terminal acetylenes is 1. The molecule has 2 aromatic rings. The van der Waals surface area contributed by atoms with Crippen molar-refractivity contribution in [1.29, 1.82) is 0 Å². The third kappa shape index (κ3) is 3.09. The molecule has 0 aliphatic heterocycles. The van der Waals surface area contributed by atoms with Gasteiger partial charge in [0.15, 0.2) is 5.69 Å². The third-order valence-electron chi connectivity index (χ3n) is 3.00. The number of nitrogens with two attached hydrogens (primary N) is 3. The van der Waals surface area contributed by atoms with Gasteiger partial charge >= 0.3 is 5.97 Å². The Kier molecular flexibility index (Phi) is 4.37. The van der Waals surface area contributed by atoms with Gasteiger partial charge in [-0.1, -0.05) is 5.92 Å². The molecule has 0 saturated carbocycles. The molecular weight excluding hydrogens is 314 g/mol. The Hall–Kier alpha value is -4.00. The second kappa shape index (κ2) is 6.41. The van der Waals surface area contributed by atoms with Crippen LogP contribution >= 0.6 is 0 Å². The number of nitrogen functional groups attached to an aromatic ring is 2. The van der Waals surface area contributed by atoms with Crippen molar-refractivity contribution in [3.63, 3.8) is 0 Å². The van der Waals surface area contributed by atoms with Crippen LogP contribution in [-0.4, -0.2) is 26.9 Å². The highest BCUT2D eigenvalue weighted by Crippen LogP contribution is 2.18. The van der Waals surface area contributed by atoms with Crippen LogP contribution in [0, 0.1) is 12.3 Å². The molecule has 0 fully saturated rings. The molecule has 10 nitrogen and oxygen atoms in total. The highest BCUT2D eigenvalue weighted by molar-refractivity contribution is 6.07. The summed E-state index contributed by atoms with van der Waals surface area (Å²) in [6.45, 7) is 0. The molecule has 0 atom stereocenters. The minimum absolute atomic E-state index is 0.0134. The Morgan fingerprint density at radius 1 is 1.38 bits per heavy atom. The number of anilines is 2. The van der Waals surface area contributed by atoms with Crippen molar-refractivity contribution < 1.29 is 14.7 Å². The Morgan fingerprint density at radius 3 is 2.62 bits per heavy atom. The number of nitrogens with one attached hydrogen (secondary N) is 1. The van der Waals surface area contributed by atoms with E-state index in [-0.39, 0.29) is 28.1 Å². The van der Waals surface area contributed by atoms with Gasteiger partial charge in [0.25, 0.3) is 5.91 Å². The fourth-order valence-corrected chi connectivity index (χ4v) is 1.89. The zero-order valence-corrected chi connectivity index (χ0v) is 12.2. The van der Waals surface area contributed by atoms with Crippen molar-refractivity contribution >= 4 is 23.3 Å². The normalized spacial score (nSPS) is 10.9. The fraction of sp³-hybridized carbons (Fsp3) is 0. The second-order valence-electron chi connectivity index (χ2n) is 4.55. The van der Waals surface area contributed by atoms with Gasteiger partial charge in [0.2, 0.25) is 5.49 Å². The van der Waals surface area contributed by atoms with E-state index in [1.54, 1.807) is 0 Å². The van der Waals surface area contributed by atoms with Gasteiger partial charge in [0, 0.05) is 5.56 Å². The molecule has 0 bridgehead atoms. The first kappa shape index (κ1) is 16.4. The number of benzene rings is 1. The van der Waals surface area contributed by atoms with Gasteiger partial charge in [-0.05, 0) is 24.3 Å². The van der Waals surface area contributed by atoms with Crippen molar-refractivity contribution in [3.05, 3.63) is 46.6 Å². The van der Waals surface area contributed by atoms with E-state index < -0.39 is 11.9 Å². The summed E-state index contributed by atoms with van der Waals surface area (Å²) in [5, 5.41) is 18.7. The number of rotatable bonds is 3. The van der Waals surface area contributed by atoms with Crippen LogP contribution in [0.25, 0.3) is 0 Å². The van der Waals surface area contributed by atoms with Crippen molar-refractivity contribution in [2.24, 2.45) is 10.9 Å². The molecule has 1 amide bonds. The highest BCUT2D eigenvalue weighted by Gasteiger charge is 2.16. The van der Waals surface area contributed by atoms with Crippen LogP contribution in [0.2, 0.25) is 0 Å². The molecule has 0 saturated heterocycles. The molecule has 8 N–H and O–H groups in total. The van der Waals surface area contributed by atoms with Crippen LogP contribution < -0.4 is 28.2 Å². The largest absolute Gasteiger partial charge is 0.478 e. The number of carboxylic acid groups (broad SMARTS) is 1. The lowest BCUT2D eigenvalue weighted by Gasteiger charge is -2.10. The summed E-state index contributed by atoms with van der Waals surface area (Å²) in [6.07, 6.45) is 5.28. The number of hydrogen-bond donors (Lipinski definition) is 5. The summed E-state index contributed by atoms with van der Waals surface area (Å²) < 4.78 is 0. The predicted octanol–water partition coefficient (Wildman–Crippen LogP) is -1.11. The Bertz CT molecular complexity index is 914. The first-order chi connectivity index (χ1) is 11.4. The molecule has 24 heavy (non-hydrogen) atoms. The van der Waals surface area contributed by atoms with E-state index in [0.29, 0.717) is 5.56 Å². The number of aromatic carboxylic acids is 1. The first-order valence-corrected chi connectivity index (χ1v) is 6.41. The minimum atomic E-state index is -1.23. The number of nitrogens with zero attached hydrogens (tertiary/aromatic N) is 3. The molecule has 1 aromatic carbocycles. The van der Waals surface area contributed by atoms with Crippen molar-refractivity contribution in [2.75, 3.05) is 16.9 Å². The zero-order chi connectivity index (χ0) is 17.9. The SMILES string of the molecule is C#Cc1ccc(C(=O)O)c(NC(=O)c2cc(N)/c(=N/N)n(N)n2)c1. The molecule has 0 spiro atoms. The highest BCUT2D eigenvalue weighted by atomic mass is 16.4. The van der Waals surface area contributed by atoms with E-state index in [0.717, 1.165) is 4.79 Å². The Morgan fingerprint density at radius 2 is 2.08 bits per heavy atom. The summed E-state index contributed by atoms with van der Waals surface area (Å²) in [4.78, 5) is 24.3. The molecule has 10 heteroatoms. The molecule has 0 aliphatic carbocycles. The molecule has 122 valence electrons. The molecule has 1 aromatic heterocycles. The lowest BCUT2D eigenvalue weighted by molar-refractivity contribution is 0.0698. The average molecular weight is 327 g/mol. The first-order valence-electron chi connectivity index (χ1n) is 6.41. The standard InChI is InChI=1S/C14H13N7O3/c1-2-7-3-4-8(14(23)24)10(5-7)18-13(22)11-6-9(15)12(19-16)21(17)20-11/h1,3-6H,15-17H2,(H,18,22)(H,23,24)/b19-12-. The molecule has 0 aliphatic rings. The minimum Gasteiger partial charge on any atom is -0.478 e. The van der Waals surface area contributed by atoms with Gasteiger partial charge in [-0.25, -0.2) is 4.79 Å². The summed E-state index contributed by atoms with van der Waals surface area (Å²) in [5.41, 5.74) is 5.79. The molecular formula is C14H13N7O3. The van der Waals surface area contributed by atoms with Crippen LogP contribution in [0.5, 0.6) is 0 Å². The van der Waals surface area contributed by atoms with E-state index >= 15 is 0 Å². The van der Waals surface area contributed by atoms with Crippen LogP contribution in [0.4, 0.5) is 11.4 Å². The van der Waals surface area contributed by atoms with E-state index in [9.17, 15) is 14.7 Å². The van der Waals surface area contributed by atoms with E-state index in [1.807, 2.05) is 0 Å². The third-order valence-corrected chi connectivity index (χ3v) is 3.00. The van der Waals surface area contributed by atoms with E-state index in [2.05, 4.69) is 21.4 Å². The van der Waals surface area contributed by atoms with Crippen molar-refractivity contribution in [3.8, 4) is 12.3 Å². The van der Waals surface area contributed by atoms with Gasteiger partial charge in [-0.15, -0.1) is 11.5 Å². The van der Waals surface area contributed by atoms with Crippen molar-refractivity contribution in [2.45, 2.75) is 0 Å².